The predicted molar refractivity (Wildman–Crippen MR) is 128 cm³/mol. The molecular weight excluding hydrogens is 424 g/mol. The van der Waals surface area contributed by atoms with Gasteiger partial charge in [0.1, 0.15) is 11.8 Å². The van der Waals surface area contributed by atoms with Gasteiger partial charge in [0.15, 0.2) is 0 Å². The molecule has 1 aromatic heterocycles. The first-order chi connectivity index (χ1) is 15.6. The number of unbranched alkanes of at least 4 members (excludes halogenated alkanes) is 2. The fourth-order valence-corrected chi connectivity index (χ4v) is 4.11. The number of aromatic nitrogens is 3. The Kier molecular flexibility index (Phi) is 9.02. The van der Waals surface area contributed by atoms with E-state index < -0.39 is 6.04 Å². The molecule has 0 spiro atoms. The molecule has 2 heterocycles. The number of fused-ring (bicyclic) bond motifs is 1. The third-order valence-corrected chi connectivity index (χ3v) is 6.23. The first kappa shape index (κ1) is 24.2. The number of benzene rings is 1. The minimum atomic E-state index is -0.409. The molecule has 0 aliphatic carbocycles. The van der Waals surface area contributed by atoms with Gasteiger partial charge in [0, 0.05) is 11.4 Å². The predicted octanol–water partition coefficient (Wildman–Crippen LogP) is 5.59. The Balaban J connectivity index is 1.93. The number of thioether (sulfide) groups is 1. The van der Waals surface area contributed by atoms with E-state index in [2.05, 4.69) is 31.1 Å². The number of esters is 1. The molecule has 2 aromatic rings. The molecule has 0 fully saturated rings. The van der Waals surface area contributed by atoms with Gasteiger partial charge in [-0.1, -0.05) is 57.5 Å². The number of carbonyl (C=O) groups is 1. The maximum atomic E-state index is 13.1. The second-order valence-corrected chi connectivity index (χ2v) is 8.90. The molecule has 0 saturated heterocycles. The van der Waals surface area contributed by atoms with Crippen molar-refractivity contribution in [3.05, 3.63) is 41.1 Å². The van der Waals surface area contributed by atoms with Gasteiger partial charge in [-0.05, 0) is 43.9 Å². The van der Waals surface area contributed by atoms with E-state index in [0.717, 1.165) is 54.9 Å². The average Bonchev–Trinajstić information content (AvgIpc) is 3.19. The Morgan fingerprint density at radius 2 is 1.81 bits per heavy atom. The summed E-state index contributed by atoms with van der Waals surface area (Å²) in [4.78, 5) is 17.7. The van der Waals surface area contributed by atoms with Crippen molar-refractivity contribution in [2.75, 3.05) is 24.3 Å². The summed E-state index contributed by atoms with van der Waals surface area (Å²) in [5.41, 5.74) is 2.24. The van der Waals surface area contributed by atoms with Gasteiger partial charge in [-0.2, -0.15) is 4.98 Å². The van der Waals surface area contributed by atoms with E-state index in [1.807, 2.05) is 31.2 Å². The lowest BCUT2D eigenvalue weighted by Gasteiger charge is -2.28. The number of anilines is 1. The van der Waals surface area contributed by atoms with E-state index >= 15 is 0 Å². The molecule has 8 heteroatoms. The highest BCUT2D eigenvalue weighted by Gasteiger charge is 2.35. The number of ether oxygens (including phenoxy) is 2. The van der Waals surface area contributed by atoms with Crippen LogP contribution < -0.4 is 10.1 Å². The first-order valence-corrected chi connectivity index (χ1v) is 12.5. The van der Waals surface area contributed by atoms with Gasteiger partial charge >= 0.3 is 5.97 Å². The summed E-state index contributed by atoms with van der Waals surface area (Å²) < 4.78 is 13.2. The lowest BCUT2D eigenvalue weighted by Crippen LogP contribution is -2.29. The van der Waals surface area contributed by atoms with Crippen molar-refractivity contribution in [3.63, 3.8) is 0 Å². The number of rotatable bonds is 12. The second kappa shape index (κ2) is 11.9. The maximum Gasteiger partial charge on any atom is 0.338 e. The third kappa shape index (κ3) is 5.85. The van der Waals surface area contributed by atoms with Gasteiger partial charge in [-0.3, -0.25) is 0 Å². The van der Waals surface area contributed by atoms with Crippen molar-refractivity contribution >= 4 is 23.7 Å². The smallest absolute Gasteiger partial charge is 0.338 e. The number of nitrogens with zero attached hydrogens (tertiary/aromatic N) is 3. The minimum absolute atomic E-state index is 0.319. The largest absolute Gasteiger partial charge is 0.494 e. The second-order valence-electron chi connectivity index (χ2n) is 7.84. The molecule has 1 aliphatic rings. The fraction of sp³-hybridized carbons (Fsp3) is 0.542. The van der Waals surface area contributed by atoms with Crippen molar-refractivity contribution in [2.45, 2.75) is 71.0 Å². The van der Waals surface area contributed by atoms with E-state index in [-0.39, 0.29) is 5.97 Å². The van der Waals surface area contributed by atoms with Crippen molar-refractivity contribution in [2.24, 2.45) is 0 Å². The zero-order valence-corrected chi connectivity index (χ0v) is 20.3. The van der Waals surface area contributed by atoms with Gasteiger partial charge in [0.05, 0.1) is 18.8 Å². The zero-order chi connectivity index (χ0) is 22.9. The van der Waals surface area contributed by atoms with E-state index in [1.54, 1.807) is 16.4 Å². The fourth-order valence-electron chi connectivity index (χ4n) is 3.43. The summed E-state index contributed by atoms with van der Waals surface area (Å²) in [5.74, 6) is 2.08. The summed E-state index contributed by atoms with van der Waals surface area (Å²) in [6.45, 7) is 9.34. The summed E-state index contributed by atoms with van der Waals surface area (Å²) >= 11 is 1.61. The molecule has 1 unspecified atom stereocenters. The molecule has 3 rings (SSSR count). The van der Waals surface area contributed by atoms with E-state index in [9.17, 15) is 4.79 Å². The molecule has 7 nitrogen and oxygen atoms in total. The molecule has 32 heavy (non-hydrogen) atoms. The highest BCUT2D eigenvalue weighted by Crippen LogP contribution is 2.37. The van der Waals surface area contributed by atoms with Crippen LogP contribution in [0.15, 0.2) is 40.7 Å². The molecule has 1 N–H and O–H groups in total. The van der Waals surface area contributed by atoms with Crippen LogP contribution in [-0.4, -0.2) is 39.7 Å². The number of hydrogen-bond donors (Lipinski definition) is 1. The monoisotopic (exact) mass is 458 g/mol. The van der Waals surface area contributed by atoms with E-state index in [4.69, 9.17) is 14.6 Å². The first-order valence-electron chi connectivity index (χ1n) is 11.6. The zero-order valence-electron chi connectivity index (χ0n) is 19.5. The van der Waals surface area contributed by atoms with Crippen LogP contribution in [0.1, 0.15) is 71.4 Å². The van der Waals surface area contributed by atoms with Gasteiger partial charge in [-0.25, -0.2) is 9.48 Å². The van der Waals surface area contributed by atoms with Crippen molar-refractivity contribution in [1.29, 1.82) is 0 Å². The Labute approximate surface area is 195 Å². The topological polar surface area (TPSA) is 78.3 Å². The quantitative estimate of drug-likeness (QED) is 0.252. The number of hydrogen-bond acceptors (Lipinski definition) is 7. The van der Waals surface area contributed by atoms with Gasteiger partial charge in [0.2, 0.25) is 11.1 Å². The summed E-state index contributed by atoms with van der Waals surface area (Å²) in [5, 5.41) is 8.68. The van der Waals surface area contributed by atoms with Crippen LogP contribution in [-0.2, 0) is 9.53 Å². The molecule has 1 aliphatic heterocycles. The minimum Gasteiger partial charge on any atom is -0.494 e. The van der Waals surface area contributed by atoms with Gasteiger partial charge < -0.3 is 14.8 Å². The standard InChI is InChI=1S/C24H34N4O3S/c1-5-8-14-30-19-12-10-18(11-13-19)21-20(22(29)31-15-9-6-2)17(4)25-23-26-24(27-28(21)23)32-16-7-3/h10-13,21H,5-9,14-16H2,1-4H3,(H,25,26,27). The lowest BCUT2D eigenvalue weighted by atomic mass is 9.96. The molecule has 0 saturated carbocycles. The highest BCUT2D eigenvalue weighted by atomic mass is 32.2. The van der Waals surface area contributed by atoms with E-state index in [1.165, 1.54) is 0 Å². The summed E-state index contributed by atoms with van der Waals surface area (Å²) in [6, 6.07) is 7.48. The highest BCUT2D eigenvalue weighted by molar-refractivity contribution is 7.99. The van der Waals surface area contributed by atoms with Crippen LogP contribution in [0, 0.1) is 0 Å². The number of carbonyl (C=O) groups excluding carboxylic acids is 1. The Hall–Kier alpha value is -2.48. The molecule has 1 aromatic carbocycles. The van der Waals surface area contributed by atoms with Crippen LogP contribution in [0.25, 0.3) is 0 Å². The van der Waals surface area contributed by atoms with Crippen LogP contribution in [0.3, 0.4) is 0 Å². The van der Waals surface area contributed by atoms with Crippen LogP contribution in [0.2, 0.25) is 0 Å². The summed E-state index contributed by atoms with van der Waals surface area (Å²) in [7, 11) is 0. The van der Waals surface area contributed by atoms with Crippen molar-refractivity contribution in [3.8, 4) is 5.75 Å². The number of allylic oxidation sites excluding steroid dienone is 1. The van der Waals surface area contributed by atoms with Gasteiger partial charge in [-0.15, -0.1) is 5.10 Å². The Morgan fingerprint density at radius 1 is 1.09 bits per heavy atom. The third-order valence-electron chi connectivity index (χ3n) is 5.18. The number of nitrogens with one attached hydrogen (secondary N) is 1. The lowest BCUT2D eigenvalue weighted by molar-refractivity contribution is -0.139. The van der Waals surface area contributed by atoms with E-state index in [0.29, 0.717) is 29.9 Å². The van der Waals surface area contributed by atoms with Crippen molar-refractivity contribution < 1.29 is 14.3 Å². The van der Waals surface area contributed by atoms with Crippen LogP contribution in [0.4, 0.5) is 5.95 Å². The molecule has 0 amide bonds. The van der Waals surface area contributed by atoms with Crippen LogP contribution in [0.5, 0.6) is 5.75 Å². The molecule has 1 atom stereocenters. The molecular formula is C24H34N4O3S. The molecule has 0 radical (unpaired) electrons. The molecule has 0 bridgehead atoms. The average molecular weight is 459 g/mol. The Bertz CT molecular complexity index is 924. The maximum absolute atomic E-state index is 13.1. The molecule has 174 valence electrons. The van der Waals surface area contributed by atoms with Crippen LogP contribution >= 0.6 is 11.8 Å². The van der Waals surface area contributed by atoms with Gasteiger partial charge in [0.25, 0.3) is 0 Å². The Morgan fingerprint density at radius 3 is 2.50 bits per heavy atom. The SMILES string of the molecule is CCCCOC(=O)C1=C(C)Nc2nc(SCCC)nn2C1c1ccc(OCCCC)cc1. The normalized spacial score (nSPS) is 15.3. The summed E-state index contributed by atoms with van der Waals surface area (Å²) in [6.07, 6.45) is 4.96. The van der Waals surface area contributed by atoms with Crippen molar-refractivity contribution in [1.82, 2.24) is 14.8 Å².